The number of nitrogens with one attached hydrogen (secondary N) is 2. The summed E-state index contributed by atoms with van der Waals surface area (Å²) in [7, 11) is -3.79. The zero-order valence-corrected chi connectivity index (χ0v) is 17.1. The van der Waals surface area contributed by atoms with Crippen LogP contribution in [0.5, 0.6) is 0 Å². The van der Waals surface area contributed by atoms with E-state index in [1.807, 2.05) is 0 Å². The normalized spacial score (nSPS) is 15.9. The van der Waals surface area contributed by atoms with Gasteiger partial charge in [0.15, 0.2) is 0 Å². The van der Waals surface area contributed by atoms with Crippen LogP contribution in [0.25, 0.3) is 0 Å². The molecule has 7 nitrogen and oxygen atoms in total. The van der Waals surface area contributed by atoms with Gasteiger partial charge in [-0.2, -0.15) is 0 Å². The summed E-state index contributed by atoms with van der Waals surface area (Å²) in [6.07, 6.45) is 0.844. The molecule has 4 N–H and O–H groups in total. The van der Waals surface area contributed by atoms with Gasteiger partial charge in [0.05, 0.1) is 4.90 Å². The molecule has 1 amide bonds. The molecule has 0 spiro atoms. The average molecular weight is 426 g/mol. The van der Waals surface area contributed by atoms with Crippen molar-refractivity contribution in [3.05, 3.63) is 54.1 Å². The summed E-state index contributed by atoms with van der Waals surface area (Å²) < 4.78 is 33.3. The molecule has 28 heavy (non-hydrogen) atoms. The fourth-order valence-corrected chi connectivity index (χ4v) is 4.23. The molecule has 0 bridgehead atoms. The predicted octanol–water partition coefficient (Wildman–Crippen LogP) is 2.66. The van der Waals surface area contributed by atoms with Crippen molar-refractivity contribution < 1.29 is 17.9 Å². The number of aryl methyl sites for hydroxylation is 1. The minimum atomic E-state index is -3.79. The molecule has 9 heteroatoms. The second kappa shape index (κ2) is 8.91. The molecule has 1 aliphatic heterocycles. The fourth-order valence-electron chi connectivity index (χ4n) is 2.90. The number of anilines is 2. The zero-order valence-electron chi connectivity index (χ0n) is 15.5. The molecule has 1 fully saturated rings. The van der Waals surface area contributed by atoms with E-state index in [1.165, 1.54) is 6.07 Å². The number of nitrogens with two attached hydrogens (primary N) is 1. The molecule has 0 aromatic heterocycles. The third kappa shape index (κ3) is 5.02. The van der Waals surface area contributed by atoms with Crippen molar-refractivity contribution in [3.63, 3.8) is 0 Å². The van der Waals surface area contributed by atoms with Gasteiger partial charge < -0.3 is 15.8 Å². The molecule has 0 saturated carbocycles. The molecule has 1 aliphatic rings. The minimum absolute atomic E-state index is 0. The maximum Gasteiger partial charge on any atom is 0.262 e. The standard InChI is InChI=1S/C19H23N3O4S.ClH/c1-14-7-8-16(21-18(23)19(20)9-11-26-12-10-19)13-17(14)27(24,25)22-15-5-3-2-4-6-15;/h2-8,13,22H,9-12,20H2,1H3,(H,21,23);1H. The van der Waals surface area contributed by atoms with Crippen LogP contribution in [0.4, 0.5) is 11.4 Å². The maximum absolute atomic E-state index is 12.8. The van der Waals surface area contributed by atoms with E-state index in [9.17, 15) is 13.2 Å². The molecular weight excluding hydrogens is 402 g/mol. The maximum atomic E-state index is 12.8. The Morgan fingerprint density at radius 1 is 1.07 bits per heavy atom. The van der Waals surface area contributed by atoms with Crippen LogP contribution in [0.15, 0.2) is 53.4 Å². The number of hydrogen-bond acceptors (Lipinski definition) is 5. The number of hydrogen-bond donors (Lipinski definition) is 3. The van der Waals surface area contributed by atoms with Crippen molar-refractivity contribution in [1.29, 1.82) is 0 Å². The van der Waals surface area contributed by atoms with Gasteiger partial charge in [-0.3, -0.25) is 9.52 Å². The first-order valence-electron chi connectivity index (χ1n) is 8.67. The summed E-state index contributed by atoms with van der Waals surface area (Å²) in [5.74, 6) is -0.339. The summed E-state index contributed by atoms with van der Waals surface area (Å²) in [6, 6.07) is 13.4. The number of benzene rings is 2. The van der Waals surface area contributed by atoms with Crippen LogP contribution >= 0.6 is 12.4 Å². The van der Waals surface area contributed by atoms with E-state index in [2.05, 4.69) is 10.0 Å². The van der Waals surface area contributed by atoms with Gasteiger partial charge in [-0.15, -0.1) is 12.4 Å². The van der Waals surface area contributed by atoms with Gasteiger partial charge in [-0.1, -0.05) is 24.3 Å². The van der Waals surface area contributed by atoms with Crippen LogP contribution in [0.3, 0.4) is 0 Å². The summed E-state index contributed by atoms with van der Waals surface area (Å²) in [4.78, 5) is 12.7. The Morgan fingerprint density at radius 3 is 2.36 bits per heavy atom. The number of rotatable bonds is 5. The molecule has 1 saturated heterocycles. The van der Waals surface area contributed by atoms with E-state index < -0.39 is 15.6 Å². The molecule has 1 heterocycles. The highest BCUT2D eigenvalue weighted by molar-refractivity contribution is 7.92. The monoisotopic (exact) mass is 425 g/mol. The number of sulfonamides is 1. The fraction of sp³-hybridized carbons (Fsp3) is 0.316. The van der Waals surface area contributed by atoms with Crippen molar-refractivity contribution in [2.24, 2.45) is 5.73 Å². The first kappa shape index (κ1) is 22.2. The van der Waals surface area contributed by atoms with Crippen molar-refractivity contribution in [3.8, 4) is 0 Å². The number of carbonyl (C=O) groups is 1. The van der Waals surface area contributed by atoms with Crippen molar-refractivity contribution in [1.82, 2.24) is 0 Å². The van der Waals surface area contributed by atoms with Gasteiger partial charge in [0.1, 0.15) is 5.54 Å². The second-order valence-electron chi connectivity index (χ2n) is 6.67. The molecule has 0 radical (unpaired) electrons. The summed E-state index contributed by atoms with van der Waals surface area (Å²) in [6.45, 7) is 2.56. The lowest BCUT2D eigenvalue weighted by Crippen LogP contribution is -2.54. The largest absolute Gasteiger partial charge is 0.381 e. The molecule has 2 aromatic rings. The average Bonchev–Trinajstić information content (AvgIpc) is 2.64. The molecule has 0 atom stereocenters. The van der Waals surface area contributed by atoms with E-state index in [1.54, 1.807) is 49.4 Å². The Hall–Kier alpha value is -2.13. The van der Waals surface area contributed by atoms with E-state index in [0.29, 0.717) is 43.0 Å². The van der Waals surface area contributed by atoms with Gasteiger partial charge in [-0.25, -0.2) is 8.42 Å². The van der Waals surface area contributed by atoms with E-state index in [4.69, 9.17) is 10.5 Å². The third-order valence-electron chi connectivity index (χ3n) is 4.60. The highest BCUT2D eigenvalue weighted by Crippen LogP contribution is 2.25. The van der Waals surface area contributed by atoms with Crippen molar-refractivity contribution in [2.45, 2.75) is 30.2 Å². The number of ether oxygens (including phenoxy) is 1. The number of halogens is 1. The van der Waals surface area contributed by atoms with Crippen LogP contribution in [0, 0.1) is 6.92 Å². The molecule has 2 aromatic carbocycles. The van der Waals surface area contributed by atoms with Crippen LogP contribution < -0.4 is 15.8 Å². The summed E-state index contributed by atoms with van der Waals surface area (Å²) >= 11 is 0. The SMILES string of the molecule is Cc1ccc(NC(=O)C2(N)CCOCC2)cc1S(=O)(=O)Nc1ccccc1.Cl. The van der Waals surface area contributed by atoms with Gasteiger partial charge in [0.2, 0.25) is 5.91 Å². The Kier molecular flexibility index (Phi) is 7.06. The van der Waals surface area contributed by atoms with Crippen LogP contribution in [-0.4, -0.2) is 33.1 Å². The number of carbonyl (C=O) groups excluding carboxylic acids is 1. The zero-order chi connectivity index (χ0) is 19.5. The van der Waals surface area contributed by atoms with E-state index in [-0.39, 0.29) is 23.2 Å². The van der Waals surface area contributed by atoms with Crippen LogP contribution in [0.1, 0.15) is 18.4 Å². The Labute approximate surface area is 171 Å². The molecule has 152 valence electrons. The van der Waals surface area contributed by atoms with Crippen molar-refractivity contribution >= 4 is 39.7 Å². The highest BCUT2D eigenvalue weighted by Gasteiger charge is 2.36. The number of para-hydroxylation sites is 1. The van der Waals surface area contributed by atoms with Gasteiger partial charge in [0.25, 0.3) is 10.0 Å². The predicted molar refractivity (Wildman–Crippen MR) is 111 cm³/mol. The summed E-state index contributed by atoms with van der Waals surface area (Å²) in [5, 5.41) is 2.74. The van der Waals surface area contributed by atoms with Gasteiger partial charge in [-0.05, 0) is 49.6 Å². The van der Waals surface area contributed by atoms with Crippen LogP contribution in [0.2, 0.25) is 0 Å². The highest BCUT2D eigenvalue weighted by atomic mass is 35.5. The van der Waals surface area contributed by atoms with Gasteiger partial charge >= 0.3 is 0 Å². The lowest BCUT2D eigenvalue weighted by molar-refractivity contribution is -0.124. The molecule has 0 unspecified atom stereocenters. The number of amides is 1. The topological polar surface area (TPSA) is 111 Å². The Morgan fingerprint density at radius 2 is 1.71 bits per heavy atom. The molecule has 0 aliphatic carbocycles. The first-order chi connectivity index (χ1) is 12.8. The smallest absolute Gasteiger partial charge is 0.262 e. The first-order valence-corrected chi connectivity index (χ1v) is 10.2. The quantitative estimate of drug-likeness (QED) is 0.682. The van der Waals surface area contributed by atoms with Crippen LogP contribution in [-0.2, 0) is 19.6 Å². The third-order valence-corrected chi connectivity index (χ3v) is 6.12. The van der Waals surface area contributed by atoms with E-state index >= 15 is 0 Å². The van der Waals surface area contributed by atoms with Gasteiger partial charge in [0, 0.05) is 24.6 Å². The van der Waals surface area contributed by atoms with E-state index in [0.717, 1.165) is 0 Å². The van der Waals surface area contributed by atoms with Crippen molar-refractivity contribution in [2.75, 3.05) is 23.3 Å². The Balaban J connectivity index is 0.00000280. The lowest BCUT2D eigenvalue weighted by atomic mass is 9.90. The summed E-state index contributed by atoms with van der Waals surface area (Å²) in [5.41, 5.74) is 6.60. The molecular formula is C19H24ClN3O4S. The lowest BCUT2D eigenvalue weighted by Gasteiger charge is -2.31. The minimum Gasteiger partial charge on any atom is -0.381 e. The molecule has 3 rings (SSSR count). The second-order valence-corrected chi connectivity index (χ2v) is 8.33. The Bertz CT molecular complexity index is 929.